The van der Waals surface area contributed by atoms with E-state index >= 15 is 0 Å². The molecule has 0 amide bonds. The van der Waals surface area contributed by atoms with Crippen molar-refractivity contribution in [2.45, 2.75) is 6.42 Å². The van der Waals surface area contributed by atoms with Crippen molar-refractivity contribution < 1.29 is 0 Å². The van der Waals surface area contributed by atoms with Crippen LogP contribution in [-0.4, -0.2) is 15.0 Å². The number of benzene rings is 7. The number of hydrogen-bond donors (Lipinski definition) is 0. The standard InChI is InChI=1S/C46H31N3/c1-4-12-31(13-5-1)32-20-22-33(23-21-32)38-28-39(36-24-25-43-40(26-36)27-37-18-10-11-19-42(37)43)30-41(29-38)46-48-44(34-14-6-2-7-15-34)47-45(49-46)35-16-8-3-9-17-35/h1-26,28-30H,27H2. The molecule has 7 aromatic carbocycles. The van der Waals surface area contributed by atoms with Gasteiger partial charge in [-0.3, -0.25) is 0 Å². The van der Waals surface area contributed by atoms with E-state index in [4.69, 9.17) is 15.0 Å². The minimum absolute atomic E-state index is 0.644. The average molecular weight is 626 g/mol. The molecule has 1 aliphatic rings. The average Bonchev–Trinajstić information content (AvgIpc) is 3.57. The van der Waals surface area contributed by atoms with Crippen LogP contribution >= 0.6 is 0 Å². The fourth-order valence-electron chi connectivity index (χ4n) is 6.84. The second-order valence-corrected chi connectivity index (χ2v) is 12.5. The van der Waals surface area contributed by atoms with Gasteiger partial charge in [-0.2, -0.15) is 0 Å². The lowest BCUT2D eigenvalue weighted by molar-refractivity contribution is 1.07. The highest BCUT2D eigenvalue weighted by atomic mass is 15.0. The van der Waals surface area contributed by atoms with Crippen molar-refractivity contribution in [3.63, 3.8) is 0 Å². The molecule has 8 aromatic rings. The summed E-state index contributed by atoms with van der Waals surface area (Å²) in [6.45, 7) is 0. The fraction of sp³-hybridized carbons (Fsp3) is 0.0217. The Hall–Kier alpha value is -6.45. The minimum Gasteiger partial charge on any atom is -0.208 e. The van der Waals surface area contributed by atoms with Gasteiger partial charge in [-0.05, 0) is 80.3 Å². The van der Waals surface area contributed by atoms with Gasteiger partial charge in [0.05, 0.1) is 0 Å². The molecule has 1 heterocycles. The smallest absolute Gasteiger partial charge is 0.164 e. The number of aromatic nitrogens is 3. The Balaban J connectivity index is 1.21. The predicted octanol–water partition coefficient (Wildman–Crippen LogP) is 11.4. The lowest BCUT2D eigenvalue weighted by Gasteiger charge is -2.13. The zero-order valence-corrected chi connectivity index (χ0v) is 26.8. The number of rotatable bonds is 6. The highest BCUT2D eigenvalue weighted by Gasteiger charge is 2.19. The van der Waals surface area contributed by atoms with Crippen LogP contribution < -0.4 is 0 Å². The Morgan fingerprint density at radius 3 is 1.29 bits per heavy atom. The largest absolute Gasteiger partial charge is 0.208 e. The SMILES string of the molecule is c1ccc(-c2ccc(-c3cc(-c4ccc5c(c4)Cc4ccccc4-5)cc(-c4nc(-c5ccccc5)nc(-c5ccccc5)n4)c3)cc2)cc1. The Morgan fingerprint density at radius 1 is 0.265 bits per heavy atom. The van der Waals surface area contributed by atoms with Crippen molar-refractivity contribution in [1.29, 1.82) is 0 Å². The zero-order valence-electron chi connectivity index (χ0n) is 26.8. The van der Waals surface area contributed by atoms with Gasteiger partial charge < -0.3 is 0 Å². The Kier molecular flexibility index (Phi) is 7.21. The first-order chi connectivity index (χ1) is 24.2. The first-order valence-corrected chi connectivity index (χ1v) is 16.6. The topological polar surface area (TPSA) is 38.7 Å². The second kappa shape index (κ2) is 12.3. The summed E-state index contributed by atoms with van der Waals surface area (Å²) in [6, 6.07) is 62.0. The highest BCUT2D eigenvalue weighted by Crippen LogP contribution is 2.40. The van der Waals surface area contributed by atoms with E-state index in [-0.39, 0.29) is 0 Å². The van der Waals surface area contributed by atoms with E-state index in [2.05, 4.69) is 115 Å². The molecule has 1 aromatic heterocycles. The molecule has 0 radical (unpaired) electrons. The molecule has 0 spiro atoms. The molecule has 0 saturated carbocycles. The van der Waals surface area contributed by atoms with Gasteiger partial charge in [0.15, 0.2) is 17.5 Å². The van der Waals surface area contributed by atoms with E-state index in [1.807, 2.05) is 60.7 Å². The molecule has 0 bridgehead atoms. The maximum absolute atomic E-state index is 5.09. The van der Waals surface area contributed by atoms with Gasteiger partial charge in [0.2, 0.25) is 0 Å². The summed E-state index contributed by atoms with van der Waals surface area (Å²) in [7, 11) is 0. The van der Waals surface area contributed by atoms with Crippen LogP contribution in [0.1, 0.15) is 11.1 Å². The van der Waals surface area contributed by atoms with Crippen molar-refractivity contribution in [3.05, 3.63) is 187 Å². The van der Waals surface area contributed by atoms with Crippen LogP contribution in [0.15, 0.2) is 176 Å². The van der Waals surface area contributed by atoms with Crippen molar-refractivity contribution in [2.75, 3.05) is 0 Å². The van der Waals surface area contributed by atoms with Crippen LogP contribution in [0.5, 0.6) is 0 Å². The molecule has 49 heavy (non-hydrogen) atoms. The van der Waals surface area contributed by atoms with E-state index in [9.17, 15) is 0 Å². The summed E-state index contributed by atoms with van der Waals surface area (Å²) in [5, 5.41) is 0. The van der Waals surface area contributed by atoms with E-state index in [0.717, 1.165) is 39.8 Å². The van der Waals surface area contributed by atoms with E-state index in [1.54, 1.807) is 0 Å². The molecule has 0 aliphatic heterocycles. The third-order valence-corrected chi connectivity index (χ3v) is 9.34. The first kappa shape index (κ1) is 28.7. The minimum atomic E-state index is 0.644. The van der Waals surface area contributed by atoms with Crippen LogP contribution in [0.2, 0.25) is 0 Å². The molecule has 0 N–H and O–H groups in total. The summed E-state index contributed by atoms with van der Waals surface area (Å²) in [5.41, 5.74) is 15.2. The third kappa shape index (κ3) is 5.62. The number of fused-ring (bicyclic) bond motifs is 3. The van der Waals surface area contributed by atoms with E-state index in [0.29, 0.717) is 17.5 Å². The van der Waals surface area contributed by atoms with Gasteiger partial charge in [0.1, 0.15) is 0 Å². The third-order valence-electron chi connectivity index (χ3n) is 9.34. The number of hydrogen-bond acceptors (Lipinski definition) is 3. The Morgan fingerprint density at radius 2 is 0.673 bits per heavy atom. The molecule has 1 aliphatic carbocycles. The normalized spacial score (nSPS) is 11.6. The van der Waals surface area contributed by atoms with Crippen LogP contribution in [-0.2, 0) is 6.42 Å². The molecular weight excluding hydrogens is 595 g/mol. The fourth-order valence-corrected chi connectivity index (χ4v) is 6.84. The van der Waals surface area contributed by atoms with Gasteiger partial charge in [0.25, 0.3) is 0 Å². The van der Waals surface area contributed by atoms with E-state index < -0.39 is 0 Å². The van der Waals surface area contributed by atoms with Crippen molar-refractivity contribution in [2.24, 2.45) is 0 Å². The lowest BCUT2D eigenvalue weighted by Crippen LogP contribution is -2.00. The second-order valence-electron chi connectivity index (χ2n) is 12.5. The van der Waals surface area contributed by atoms with Crippen LogP contribution in [0, 0.1) is 0 Å². The maximum Gasteiger partial charge on any atom is 0.164 e. The molecule has 0 unspecified atom stereocenters. The maximum atomic E-state index is 5.09. The summed E-state index contributed by atoms with van der Waals surface area (Å²) in [5.74, 6) is 1.95. The zero-order chi connectivity index (χ0) is 32.6. The first-order valence-electron chi connectivity index (χ1n) is 16.6. The van der Waals surface area contributed by atoms with Crippen molar-refractivity contribution in [1.82, 2.24) is 15.0 Å². The van der Waals surface area contributed by atoms with Crippen LogP contribution in [0.4, 0.5) is 0 Å². The summed E-state index contributed by atoms with van der Waals surface area (Å²) in [4.78, 5) is 15.1. The predicted molar refractivity (Wildman–Crippen MR) is 201 cm³/mol. The Labute approximate surface area is 286 Å². The van der Waals surface area contributed by atoms with Crippen molar-refractivity contribution in [3.8, 4) is 78.7 Å². The Bertz CT molecular complexity index is 2380. The monoisotopic (exact) mass is 625 g/mol. The van der Waals surface area contributed by atoms with E-state index in [1.165, 1.54) is 38.9 Å². The summed E-state index contributed by atoms with van der Waals surface area (Å²) >= 11 is 0. The quantitative estimate of drug-likeness (QED) is 0.185. The molecule has 230 valence electrons. The highest BCUT2D eigenvalue weighted by molar-refractivity contribution is 5.84. The van der Waals surface area contributed by atoms with Gasteiger partial charge >= 0.3 is 0 Å². The summed E-state index contributed by atoms with van der Waals surface area (Å²) < 4.78 is 0. The van der Waals surface area contributed by atoms with Gasteiger partial charge in [-0.15, -0.1) is 0 Å². The van der Waals surface area contributed by atoms with Crippen LogP contribution in [0.3, 0.4) is 0 Å². The molecule has 0 fully saturated rings. The summed E-state index contributed by atoms with van der Waals surface area (Å²) in [6.07, 6.45) is 0.946. The van der Waals surface area contributed by atoms with Crippen LogP contribution in [0.25, 0.3) is 78.7 Å². The molecule has 3 heteroatoms. The van der Waals surface area contributed by atoms with Gasteiger partial charge in [-0.25, -0.2) is 15.0 Å². The van der Waals surface area contributed by atoms with Gasteiger partial charge in [-0.1, -0.05) is 158 Å². The molecule has 9 rings (SSSR count). The van der Waals surface area contributed by atoms with Gasteiger partial charge in [0, 0.05) is 16.7 Å². The molecule has 0 atom stereocenters. The molecule has 0 saturated heterocycles. The van der Waals surface area contributed by atoms with Crippen molar-refractivity contribution >= 4 is 0 Å². The lowest BCUT2D eigenvalue weighted by atomic mass is 9.93. The molecular formula is C46H31N3. The number of nitrogens with zero attached hydrogens (tertiary/aromatic N) is 3. The molecule has 3 nitrogen and oxygen atoms in total.